The molecule has 0 spiro atoms. The van der Waals surface area contributed by atoms with Crippen molar-refractivity contribution >= 4 is 23.4 Å². The molecule has 0 saturated carbocycles. The summed E-state index contributed by atoms with van der Waals surface area (Å²) < 4.78 is 0. The van der Waals surface area contributed by atoms with Crippen LogP contribution in [0, 0.1) is 0 Å². The number of hydrogen-bond acceptors (Lipinski definition) is 3. The molecule has 18 heavy (non-hydrogen) atoms. The van der Waals surface area contributed by atoms with Crippen LogP contribution in [0.1, 0.15) is 18.5 Å². The fraction of sp³-hybridized carbons (Fsp3) is 0.214. The van der Waals surface area contributed by atoms with Crippen LogP contribution in [0.3, 0.4) is 0 Å². The minimum absolute atomic E-state index is 0.278. The molecule has 1 aromatic carbocycles. The summed E-state index contributed by atoms with van der Waals surface area (Å²) >= 11 is 7.63. The summed E-state index contributed by atoms with van der Waals surface area (Å²) in [5.74, 6) is 0. The van der Waals surface area contributed by atoms with E-state index >= 15 is 0 Å². The van der Waals surface area contributed by atoms with Crippen molar-refractivity contribution in [3.05, 3.63) is 53.2 Å². The van der Waals surface area contributed by atoms with E-state index < -0.39 is 0 Å². The zero-order valence-corrected chi connectivity index (χ0v) is 11.9. The fourth-order valence-electron chi connectivity index (χ4n) is 1.62. The van der Waals surface area contributed by atoms with E-state index in [9.17, 15) is 0 Å². The maximum absolute atomic E-state index is 5.99. The Balaban J connectivity index is 2.29. The SMILES string of the molecule is CNC(C)c1cccnc1Sc1cccc(Cl)c1. The van der Waals surface area contributed by atoms with Gasteiger partial charge >= 0.3 is 0 Å². The van der Waals surface area contributed by atoms with Crippen LogP contribution in [-0.4, -0.2) is 12.0 Å². The van der Waals surface area contributed by atoms with Gasteiger partial charge in [-0.3, -0.25) is 0 Å². The van der Waals surface area contributed by atoms with Crippen LogP contribution in [0.15, 0.2) is 52.5 Å². The van der Waals surface area contributed by atoms with Gasteiger partial charge in [-0.15, -0.1) is 0 Å². The van der Waals surface area contributed by atoms with Crippen LogP contribution in [0.4, 0.5) is 0 Å². The second-order valence-corrected chi connectivity index (χ2v) is 5.47. The Kier molecular flexibility index (Phi) is 4.64. The first kappa shape index (κ1) is 13.4. The Morgan fingerprint density at radius 1 is 1.28 bits per heavy atom. The lowest BCUT2D eigenvalue weighted by molar-refractivity contribution is 0.634. The van der Waals surface area contributed by atoms with Gasteiger partial charge in [0.05, 0.1) is 0 Å². The molecule has 2 nitrogen and oxygen atoms in total. The molecule has 94 valence electrons. The van der Waals surface area contributed by atoms with E-state index in [0.717, 1.165) is 14.9 Å². The van der Waals surface area contributed by atoms with Crippen molar-refractivity contribution in [3.8, 4) is 0 Å². The van der Waals surface area contributed by atoms with Crippen molar-refractivity contribution < 1.29 is 0 Å². The Hall–Kier alpha value is -1.03. The summed E-state index contributed by atoms with van der Waals surface area (Å²) in [6, 6.07) is 12.2. The minimum Gasteiger partial charge on any atom is -0.313 e. The average Bonchev–Trinajstić information content (AvgIpc) is 2.38. The highest BCUT2D eigenvalue weighted by atomic mass is 35.5. The third-order valence-electron chi connectivity index (χ3n) is 2.71. The third-order valence-corrected chi connectivity index (χ3v) is 3.97. The highest BCUT2D eigenvalue weighted by molar-refractivity contribution is 7.99. The standard InChI is InChI=1S/C14H15ClN2S/c1-10(16-2)13-7-4-8-17-14(13)18-12-6-3-5-11(15)9-12/h3-10,16H,1-2H3. The molecule has 1 N–H and O–H groups in total. The second kappa shape index (κ2) is 6.23. The summed E-state index contributed by atoms with van der Waals surface area (Å²) in [7, 11) is 1.95. The first-order valence-corrected chi connectivity index (χ1v) is 6.95. The number of halogens is 1. The monoisotopic (exact) mass is 278 g/mol. The summed E-state index contributed by atoms with van der Waals surface area (Å²) in [6.07, 6.45) is 1.82. The molecular weight excluding hydrogens is 264 g/mol. The van der Waals surface area contributed by atoms with Gasteiger partial charge in [0.15, 0.2) is 0 Å². The molecule has 0 saturated heterocycles. The zero-order valence-electron chi connectivity index (χ0n) is 10.4. The highest BCUT2D eigenvalue weighted by Gasteiger charge is 2.10. The van der Waals surface area contributed by atoms with E-state index in [1.165, 1.54) is 5.56 Å². The third kappa shape index (κ3) is 3.25. The number of rotatable bonds is 4. The van der Waals surface area contributed by atoms with Gasteiger partial charge in [-0.25, -0.2) is 4.98 Å². The predicted molar refractivity (Wildman–Crippen MR) is 77.3 cm³/mol. The predicted octanol–water partition coefficient (Wildman–Crippen LogP) is 4.17. The molecule has 1 atom stereocenters. The normalized spacial score (nSPS) is 12.4. The number of nitrogens with one attached hydrogen (secondary N) is 1. The van der Waals surface area contributed by atoms with E-state index in [4.69, 9.17) is 11.6 Å². The number of pyridine rings is 1. The lowest BCUT2D eigenvalue weighted by atomic mass is 10.1. The van der Waals surface area contributed by atoms with Gasteiger partial charge in [0.1, 0.15) is 5.03 Å². The summed E-state index contributed by atoms with van der Waals surface area (Å²) in [6.45, 7) is 2.12. The van der Waals surface area contributed by atoms with Crippen LogP contribution in [0.2, 0.25) is 5.02 Å². The molecule has 0 aliphatic heterocycles. The topological polar surface area (TPSA) is 24.9 Å². The number of aromatic nitrogens is 1. The summed E-state index contributed by atoms with van der Waals surface area (Å²) in [5.41, 5.74) is 1.20. The van der Waals surface area contributed by atoms with Crippen LogP contribution in [-0.2, 0) is 0 Å². The fourth-order valence-corrected chi connectivity index (χ4v) is 2.90. The summed E-state index contributed by atoms with van der Waals surface area (Å²) in [5, 5.41) is 5.00. The van der Waals surface area contributed by atoms with Gasteiger partial charge in [-0.05, 0) is 38.2 Å². The Morgan fingerprint density at radius 3 is 2.83 bits per heavy atom. The molecule has 0 aliphatic carbocycles. The van der Waals surface area contributed by atoms with Crippen LogP contribution >= 0.6 is 23.4 Å². The van der Waals surface area contributed by atoms with E-state index in [2.05, 4.69) is 23.3 Å². The van der Waals surface area contributed by atoms with E-state index in [-0.39, 0.29) is 6.04 Å². The number of hydrogen-bond donors (Lipinski definition) is 1. The van der Waals surface area contributed by atoms with Crippen molar-refractivity contribution in [1.29, 1.82) is 0 Å². The van der Waals surface area contributed by atoms with Gasteiger partial charge in [0.25, 0.3) is 0 Å². The van der Waals surface area contributed by atoms with Crippen molar-refractivity contribution in [2.75, 3.05) is 7.05 Å². The number of benzene rings is 1. The van der Waals surface area contributed by atoms with Gasteiger partial charge < -0.3 is 5.32 Å². The highest BCUT2D eigenvalue weighted by Crippen LogP contribution is 2.32. The molecule has 0 amide bonds. The van der Waals surface area contributed by atoms with Crippen LogP contribution < -0.4 is 5.32 Å². The molecule has 2 aromatic rings. The molecule has 1 unspecified atom stereocenters. The molecule has 4 heteroatoms. The molecule has 0 fully saturated rings. The van der Waals surface area contributed by atoms with E-state index in [1.54, 1.807) is 11.8 Å². The van der Waals surface area contributed by atoms with E-state index in [0.29, 0.717) is 0 Å². The van der Waals surface area contributed by atoms with Crippen molar-refractivity contribution in [1.82, 2.24) is 10.3 Å². The zero-order chi connectivity index (χ0) is 13.0. The molecular formula is C14H15ClN2S. The lowest BCUT2D eigenvalue weighted by Crippen LogP contribution is -2.13. The minimum atomic E-state index is 0.278. The lowest BCUT2D eigenvalue weighted by Gasteiger charge is -2.14. The average molecular weight is 279 g/mol. The molecule has 0 aliphatic rings. The smallest absolute Gasteiger partial charge is 0.105 e. The second-order valence-electron chi connectivity index (χ2n) is 3.97. The molecule has 2 rings (SSSR count). The van der Waals surface area contributed by atoms with Crippen LogP contribution in [0.5, 0.6) is 0 Å². The van der Waals surface area contributed by atoms with Crippen LogP contribution in [0.25, 0.3) is 0 Å². The Morgan fingerprint density at radius 2 is 2.11 bits per heavy atom. The largest absolute Gasteiger partial charge is 0.313 e. The molecule has 1 heterocycles. The quantitative estimate of drug-likeness (QED) is 0.909. The first-order chi connectivity index (χ1) is 8.70. The molecule has 1 aromatic heterocycles. The van der Waals surface area contributed by atoms with Gasteiger partial charge in [-0.1, -0.05) is 35.5 Å². The first-order valence-electron chi connectivity index (χ1n) is 5.76. The Bertz CT molecular complexity index is 531. The molecule has 0 radical (unpaired) electrons. The van der Waals surface area contributed by atoms with E-state index in [1.807, 2.05) is 43.6 Å². The number of nitrogens with zero attached hydrogens (tertiary/aromatic N) is 1. The maximum Gasteiger partial charge on any atom is 0.105 e. The Labute approximate surface area is 117 Å². The van der Waals surface area contributed by atoms with Crippen molar-refractivity contribution in [2.45, 2.75) is 22.9 Å². The maximum atomic E-state index is 5.99. The van der Waals surface area contributed by atoms with Gasteiger partial charge in [0.2, 0.25) is 0 Å². The van der Waals surface area contributed by atoms with Crippen molar-refractivity contribution in [2.24, 2.45) is 0 Å². The van der Waals surface area contributed by atoms with Crippen molar-refractivity contribution in [3.63, 3.8) is 0 Å². The van der Waals surface area contributed by atoms with Gasteiger partial charge in [0, 0.05) is 27.7 Å². The summed E-state index contributed by atoms with van der Waals surface area (Å²) in [4.78, 5) is 5.56. The molecule has 0 bridgehead atoms. The van der Waals surface area contributed by atoms with Gasteiger partial charge in [-0.2, -0.15) is 0 Å².